The minimum Gasteiger partial charge on any atom is -0.383 e. The van der Waals surface area contributed by atoms with Crippen LogP contribution in [0.15, 0.2) is 36.5 Å². The molecule has 2 aromatic heterocycles. The van der Waals surface area contributed by atoms with Gasteiger partial charge in [0.15, 0.2) is 11.6 Å². The zero-order valence-corrected chi connectivity index (χ0v) is 10.8. The van der Waals surface area contributed by atoms with Gasteiger partial charge in [0.2, 0.25) is 0 Å². The van der Waals surface area contributed by atoms with Crippen molar-refractivity contribution in [2.75, 3.05) is 5.73 Å². The molecular weight excluding hydrogens is 240 g/mol. The molecule has 3 rings (SSSR count). The van der Waals surface area contributed by atoms with Crippen LogP contribution in [0.25, 0.3) is 22.8 Å². The van der Waals surface area contributed by atoms with E-state index in [2.05, 4.69) is 15.2 Å². The second-order valence-electron chi connectivity index (χ2n) is 4.32. The summed E-state index contributed by atoms with van der Waals surface area (Å²) in [6, 6.07) is 9.84. The lowest BCUT2D eigenvalue weighted by Gasteiger charge is -1.98. The number of nitrogen functional groups attached to an aromatic ring is 1. The zero-order chi connectivity index (χ0) is 13.4. The third kappa shape index (κ3) is 1.87. The molecule has 6 nitrogen and oxygen atoms in total. The summed E-state index contributed by atoms with van der Waals surface area (Å²) in [6.07, 6.45) is 1.70. The van der Waals surface area contributed by atoms with Crippen LogP contribution in [0.2, 0.25) is 0 Å². The number of hydrogen-bond acceptors (Lipinski definition) is 4. The van der Waals surface area contributed by atoms with Crippen molar-refractivity contribution in [1.82, 2.24) is 24.5 Å². The minimum atomic E-state index is 0.579. The Labute approximate surface area is 110 Å². The van der Waals surface area contributed by atoms with Gasteiger partial charge in [0.05, 0.1) is 11.8 Å². The Bertz CT molecular complexity index is 710. The largest absolute Gasteiger partial charge is 0.383 e. The molecule has 0 spiro atoms. The summed E-state index contributed by atoms with van der Waals surface area (Å²) in [5.41, 5.74) is 7.74. The Morgan fingerprint density at radius 2 is 1.79 bits per heavy atom. The topological polar surface area (TPSA) is 74.5 Å². The molecule has 0 unspecified atom stereocenters. The van der Waals surface area contributed by atoms with E-state index in [1.807, 2.05) is 37.4 Å². The molecule has 3 aromatic rings. The highest BCUT2D eigenvalue weighted by Gasteiger charge is 2.15. The van der Waals surface area contributed by atoms with Crippen molar-refractivity contribution in [1.29, 1.82) is 0 Å². The first-order chi connectivity index (χ1) is 9.16. The van der Waals surface area contributed by atoms with Crippen LogP contribution in [0.1, 0.15) is 0 Å². The molecule has 0 fully saturated rings. The molecule has 96 valence electrons. The van der Waals surface area contributed by atoms with E-state index in [9.17, 15) is 0 Å². The van der Waals surface area contributed by atoms with Crippen molar-refractivity contribution in [2.45, 2.75) is 0 Å². The Hall–Kier alpha value is -2.63. The molecular formula is C13H14N6. The molecule has 0 radical (unpaired) electrons. The van der Waals surface area contributed by atoms with Crippen LogP contribution < -0.4 is 5.73 Å². The van der Waals surface area contributed by atoms with E-state index >= 15 is 0 Å². The molecule has 0 bridgehead atoms. The van der Waals surface area contributed by atoms with Gasteiger partial charge in [-0.25, -0.2) is 9.67 Å². The van der Waals surface area contributed by atoms with Gasteiger partial charge in [-0.2, -0.15) is 10.2 Å². The summed E-state index contributed by atoms with van der Waals surface area (Å²) in [4.78, 5) is 4.54. The van der Waals surface area contributed by atoms with Gasteiger partial charge >= 0.3 is 0 Å². The van der Waals surface area contributed by atoms with Crippen LogP contribution in [0.3, 0.4) is 0 Å². The summed E-state index contributed by atoms with van der Waals surface area (Å²) >= 11 is 0. The summed E-state index contributed by atoms with van der Waals surface area (Å²) in [5.74, 6) is 1.97. The van der Waals surface area contributed by atoms with E-state index in [-0.39, 0.29) is 0 Å². The maximum Gasteiger partial charge on any atom is 0.181 e. The monoisotopic (exact) mass is 254 g/mol. The number of hydrogen-bond donors (Lipinski definition) is 1. The smallest absolute Gasteiger partial charge is 0.181 e. The Kier molecular flexibility index (Phi) is 2.56. The lowest BCUT2D eigenvalue weighted by Crippen LogP contribution is -2.00. The van der Waals surface area contributed by atoms with E-state index in [1.165, 1.54) is 0 Å². The lowest BCUT2D eigenvalue weighted by atomic mass is 10.2. The Morgan fingerprint density at radius 1 is 1.05 bits per heavy atom. The molecule has 0 aliphatic carbocycles. The molecule has 0 atom stereocenters. The molecule has 0 amide bonds. The van der Waals surface area contributed by atoms with Crippen molar-refractivity contribution in [3.8, 4) is 22.8 Å². The summed E-state index contributed by atoms with van der Waals surface area (Å²) in [5, 5.41) is 8.55. The Balaban J connectivity index is 2.10. The second kappa shape index (κ2) is 4.24. The van der Waals surface area contributed by atoms with Crippen LogP contribution in [-0.4, -0.2) is 24.5 Å². The maximum absolute atomic E-state index is 5.97. The fourth-order valence-electron chi connectivity index (χ4n) is 1.95. The fraction of sp³-hybridized carbons (Fsp3) is 0.154. The standard InChI is InChI=1S/C13H14N6/c1-18-11(14)10(8-15-18)13-16-12(17-19(13)2)9-6-4-3-5-7-9/h3-8H,14H2,1-2H3. The van der Waals surface area contributed by atoms with Gasteiger partial charge in [-0.1, -0.05) is 30.3 Å². The highest BCUT2D eigenvalue weighted by Crippen LogP contribution is 2.25. The molecule has 2 N–H and O–H groups in total. The molecule has 0 aliphatic rings. The van der Waals surface area contributed by atoms with Gasteiger partial charge in [-0.15, -0.1) is 0 Å². The first-order valence-corrected chi connectivity index (χ1v) is 5.91. The number of anilines is 1. The van der Waals surface area contributed by atoms with E-state index in [0.717, 1.165) is 11.1 Å². The van der Waals surface area contributed by atoms with Gasteiger partial charge in [0, 0.05) is 19.7 Å². The minimum absolute atomic E-state index is 0.579. The van der Waals surface area contributed by atoms with Gasteiger partial charge in [-0.05, 0) is 0 Å². The van der Waals surface area contributed by atoms with Crippen molar-refractivity contribution in [3.05, 3.63) is 36.5 Å². The average molecular weight is 254 g/mol. The van der Waals surface area contributed by atoms with Crippen LogP contribution in [0.5, 0.6) is 0 Å². The third-order valence-corrected chi connectivity index (χ3v) is 3.02. The molecule has 1 aromatic carbocycles. The molecule has 0 aliphatic heterocycles. The van der Waals surface area contributed by atoms with Gasteiger partial charge in [0.1, 0.15) is 5.82 Å². The summed E-state index contributed by atoms with van der Waals surface area (Å²) in [7, 11) is 3.65. The fourth-order valence-corrected chi connectivity index (χ4v) is 1.95. The van der Waals surface area contributed by atoms with Crippen molar-refractivity contribution in [3.63, 3.8) is 0 Å². The molecule has 2 heterocycles. The predicted molar refractivity (Wildman–Crippen MR) is 73.1 cm³/mol. The van der Waals surface area contributed by atoms with Crippen molar-refractivity contribution < 1.29 is 0 Å². The molecule has 0 saturated carbocycles. The van der Waals surface area contributed by atoms with E-state index in [4.69, 9.17) is 5.73 Å². The number of nitrogens with two attached hydrogens (primary N) is 1. The average Bonchev–Trinajstić information content (AvgIpc) is 2.96. The Morgan fingerprint density at radius 3 is 2.42 bits per heavy atom. The van der Waals surface area contributed by atoms with Crippen LogP contribution >= 0.6 is 0 Å². The third-order valence-electron chi connectivity index (χ3n) is 3.02. The summed E-state index contributed by atoms with van der Waals surface area (Å²) < 4.78 is 3.34. The van der Waals surface area contributed by atoms with E-state index in [0.29, 0.717) is 17.5 Å². The van der Waals surface area contributed by atoms with Crippen LogP contribution in [0.4, 0.5) is 5.82 Å². The molecule has 0 saturated heterocycles. The zero-order valence-electron chi connectivity index (χ0n) is 10.8. The highest BCUT2D eigenvalue weighted by atomic mass is 15.3. The van der Waals surface area contributed by atoms with E-state index in [1.54, 1.807) is 22.6 Å². The van der Waals surface area contributed by atoms with Crippen LogP contribution in [-0.2, 0) is 14.1 Å². The molecule has 6 heteroatoms. The number of benzene rings is 1. The molecule has 19 heavy (non-hydrogen) atoms. The lowest BCUT2D eigenvalue weighted by molar-refractivity contribution is 0.775. The first kappa shape index (κ1) is 11.5. The quantitative estimate of drug-likeness (QED) is 0.751. The SMILES string of the molecule is Cn1nc(-c2ccccc2)nc1-c1cnn(C)c1N. The maximum atomic E-state index is 5.97. The van der Waals surface area contributed by atoms with Gasteiger partial charge in [0.25, 0.3) is 0 Å². The number of aromatic nitrogens is 5. The number of aryl methyl sites for hydroxylation is 2. The number of rotatable bonds is 2. The highest BCUT2D eigenvalue weighted by molar-refractivity contribution is 5.70. The van der Waals surface area contributed by atoms with Crippen LogP contribution in [0, 0.1) is 0 Å². The van der Waals surface area contributed by atoms with Gasteiger partial charge < -0.3 is 5.73 Å². The van der Waals surface area contributed by atoms with Gasteiger partial charge in [-0.3, -0.25) is 4.68 Å². The first-order valence-electron chi connectivity index (χ1n) is 5.91. The normalized spacial score (nSPS) is 10.8. The second-order valence-corrected chi connectivity index (χ2v) is 4.32. The van der Waals surface area contributed by atoms with Crippen molar-refractivity contribution >= 4 is 5.82 Å². The summed E-state index contributed by atoms with van der Waals surface area (Å²) in [6.45, 7) is 0. The number of nitrogens with zero attached hydrogens (tertiary/aromatic N) is 5. The van der Waals surface area contributed by atoms with Crippen molar-refractivity contribution in [2.24, 2.45) is 14.1 Å². The predicted octanol–water partition coefficient (Wildman–Crippen LogP) is 1.46. The van der Waals surface area contributed by atoms with E-state index < -0.39 is 0 Å².